The molecule has 1 N–H and O–H groups in total. The zero-order valence-electron chi connectivity index (χ0n) is 12.1. The quantitative estimate of drug-likeness (QED) is 0.518. The van der Waals surface area contributed by atoms with Gasteiger partial charge >= 0.3 is 0 Å². The van der Waals surface area contributed by atoms with Crippen molar-refractivity contribution in [3.05, 3.63) is 36.7 Å². The van der Waals surface area contributed by atoms with E-state index in [-0.39, 0.29) is 0 Å². The third kappa shape index (κ3) is 6.05. The summed E-state index contributed by atoms with van der Waals surface area (Å²) in [6, 6.07) is 4.16. The number of ether oxygens (including phenoxy) is 1. The fraction of sp³-hybridized carbons (Fsp3) is 0.600. The number of rotatable bonds is 10. The van der Waals surface area contributed by atoms with Crippen molar-refractivity contribution in [3.8, 4) is 0 Å². The molecule has 108 valence electrons. The zero-order chi connectivity index (χ0) is 14.1. The van der Waals surface area contributed by atoms with Gasteiger partial charge in [-0.15, -0.1) is 6.58 Å². The van der Waals surface area contributed by atoms with E-state index in [4.69, 9.17) is 4.74 Å². The van der Waals surface area contributed by atoms with Crippen molar-refractivity contribution >= 4 is 0 Å². The molecule has 1 atom stereocenters. The van der Waals surface area contributed by atoms with Gasteiger partial charge in [0, 0.05) is 32.0 Å². The number of aryl methyl sites for hydroxylation is 1. The van der Waals surface area contributed by atoms with Gasteiger partial charge in [-0.05, 0) is 25.1 Å². The van der Waals surface area contributed by atoms with E-state index in [1.54, 1.807) is 6.08 Å². The van der Waals surface area contributed by atoms with Crippen LogP contribution in [0.3, 0.4) is 0 Å². The van der Waals surface area contributed by atoms with Crippen LogP contribution in [0.4, 0.5) is 0 Å². The lowest BCUT2D eigenvalue weighted by atomic mass is 10.3. The van der Waals surface area contributed by atoms with E-state index >= 15 is 0 Å². The summed E-state index contributed by atoms with van der Waals surface area (Å²) in [5.41, 5.74) is 1.26. The van der Waals surface area contributed by atoms with Crippen LogP contribution in [-0.4, -0.2) is 47.0 Å². The Kier molecular flexibility index (Phi) is 7.48. The Hall–Kier alpha value is -1.10. The van der Waals surface area contributed by atoms with E-state index in [9.17, 15) is 5.11 Å². The van der Waals surface area contributed by atoms with Crippen LogP contribution in [0.5, 0.6) is 0 Å². The minimum atomic E-state index is -0.452. The van der Waals surface area contributed by atoms with Crippen molar-refractivity contribution in [2.45, 2.75) is 26.0 Å². The van der Waals surface area contributed by atoms with Crippen LogP contribution in [0.2, 0.25) is 0 Å². The lowest BCUT2D eigenvalue weighted by Gasteiger charge is -2.24. The largest absolute Gasteiger partial charge is 0.389 e. The maximum absolute atomic E-state index is 9.96. The average molecular weight is 266 g/mol. The Morgan fingerprint density at radius 2 is 2.37 bits per heavy atom. The van der Waals surface area contributed by atoms with Crippen molar-refractivity contribution < 1.29 is 9.84 Å². The highest BCUT2D eigenvalue weighted by molar-refractivity contribution is 5.06. The van der Waals surface area contributed by atoms with Gasteiger partial charge in [-0.1, -0.05) is 13.0 Å². The lowest BCUT2D eigenvalue weighted by Crippen LogP contribution is -2.35. The fourth-order valence-electron chi connectivity index (χ4n) is 2.08. The highest BCUT2D eigenvalue weighted by atomic mass is 16.5. The molecule has 1 rings (SSSR count). The average Bonchev–Trinajstić information content (AvgIpc) is 2.76. The third-order valence-electron chi connectivity index (χ3n) is 2.99. The van der Waals surface area contributed by atoms with Crippen molar-refractivity contribution in [1.29, 1.82) is 0 Å². The van der Waals surface area contributed by atoms with Gasteiger partial charge in [0.2, 0.25) is 0 Å². The Morgan fingerprint density at radius 3 is 2.95 bits per heavy atom. The van der Waals surface area contributed by atoms with Crippen LogP contribution in [0, 0.1) is 0 Å². The molecule has 19 heavy (non-hydrogen) atoms. The molecule has 0 radical (unpaired) electrons. The number of aromatic nitrogens is 1. The molecule has 1 heterocycles. The van der Waals surface area contributed by atoms with E-state index in [1.807, 2.05) is 19.3 Å². The molecular weight excluding hydrogens is 240 g/mol. The van der Waals surface area contributed by atoms with E-state index in [0.29, 0.717) is 19.8 Å². The van der Waals surface area contributed by atoms with Gasteiger partial charge in [-0.2, -0.15) is 0 Å². The molecule has 1 aromatic heterocycles. The van der Waals surface area contributed by atoms with Crippen LogP contribution in [0.1, 0.15) is 19.0 Å². The Morgan fingerprint density at radius 1 is 1.58 bits per heavy atom. The highest BCUT2D eigenvalue weighted by Gasteiger charge is 2.12. The highest BCUT2D eigenvalue weighted by Crippen LogP contribution is 2.07. The van der Waals surface area contributed by atoms with Gasteiger partial charge in [0.05, 0.1) is 19.3 Å². The van der Waals surface area contributed by atoms with E-state index in [2.05, 4.69) is 29.0 Å². The van der Waals surface area contributed by atoms with Crippen LogP contribution in [-0.2, 0) is 18.3 Å². The van der Waals surface area contributed by atoms with Crippen molar-refractivity contribution in [3.63, 3.8) is 0 Å². The summed E-state index contributed by atoms with van der Waals surface area (Å²) >= 11 is 0. The van der Waals surface area contributed by atoms with Gasteiger partial charge in [0.1, 0.15) is 0 Å². The number of aliphatic hydroxyl groups excluding tert-OH is 1. The van der Waals surface area contributed by atoms with E-state index in [1.165, 1.54) is 5.69 Å². The van der Waals surface area contributed by atoms with Gasteiger partial charge in [-0.3, -0.25) is 4.90 Å². The molecule has 0 saturated heterocycles. The first-order valence-electron chi connectivity index (χ1n) is 6.86. The predicted octanol–water partition coefficient (Wildman–Crippen LogP) is 1.80. The summed E-state index contributed by atoms with van der Waals surface area (Å²) < 4.78 is 7.40. The number of hydrogen-bond donors (Lipinski definition) is 1. The summed E-state index contributed by atoms with van der Waals surface area (Å²) in [6.45, 7) is 9.06. The SMILES string of the molecule is C=CCOCC(O)CN(CCC)Cc1cccn1C. The molecule has 0 aliphatic rings. The molecule has 4 nitrogen and oxygen atoms in total. The zero-order valence-corrected chi connectivity index (χ0v) is 12.1. The molecule has 0 saturated carbocycles. The summed E-state index contributed by atoms with van der Waals surface area (Å²) in [5, 5.41) is 9.96. The second-order valence-electron chi connectivity index (χ2n) is 4.83. The predicted molar refractivity (Wildman–Crippen MR) is 78.0 cm³/mol. The first-order chi connectivity index (χ1) is 9.17. The minimum Gasteiger partial charge on any atom is -0.389 e. The summed E-state index contributed by atoms with van der Waals surface area (Å²) in [6.07, 6.45) is 4.36. The Bertz CT molecular complexity index is 363. The second kappa shape index (κ2) is 8.91. The number of nitrogens with zero attached hydrogens (tertiary/aromatic N) is 2. The van der Waals surface area contributed by atoms with Gasteiger partial charge in [-0.25, -0.2) is 0 Å². The molecule has 1 aromatic rings. The van der Waals surface area contributed by atoms with E-state index < -0.39 is 6.10 Å². The second-order valence-corrected chi connectivity index (χ2v) is 4.83. The maximum atomic E-state index is 9.96. The lowest BCUT2D eigenvalue weighted by molar-refractivity contribution is 0.0242. The van der Waals surface area contributed by atoms with E-state index in [0.717, 1.165) is 19.5 Å². The molecule has 0 aromatic carbocycles. The van der Waals surface area contributed by atoms with Gasteiger partial charge in [0.15, 0.2) is 0 Å². The molecule has 0 aliphatic carbocycles. The molecule has 0 fully saturated rings. The minimum absolute atomic E-state index is 0.360. The Labute approximate surface area is 116 Å². The van der Waals surface area contributed by atoms with Gasteiger partial charge < -0.3 is 14.4 Å². The maximum Gasteiger partial charge on any atom is 0.0900 e. The topological polar surface area (TPSA) is 37.6 Å². The molecule has 1 unspecified atom stereocenters. The fourth-order valence-corrected chi connectivity index (χ4v) is 2.08. The van der Waals surface area contributed by atoms with Gasteiger partial charge in [0.25, 0.3) is 0 Å². The normalized spacial score (nSPS) is 12.8. The molecule has 0 bridgehead atoms. The van der Waals surface area contributed by atoms with Crippen molar-refractivity contribution in [1.82, 2.24) is 9.47 Å². The summed E-state index contributed by atoms with van der Waals surface area (Å²) in [5.74, 6) is 0. The van der Waals surface area contributed by atoms with Crippen LogP contribution >= 0.6 is 0 Å². The standard InChI is InChI=1S/C15H26N2O2/c1-4-8-17(11-14-7-6-9-16(14)3)12-15(18)13-19-10-5-2/h5-7,9,15,18H,2,4,8,10-13H2,1,3H3. The smallest absolute Gasteiger partial charge is 0.0900 e. The number of hydrogen-bond acceptors (Lipinski definition) is 3. The number of aliphatic hydroxyl groups is 1. The first kappa shape index (κ1) is 16.0. The Balaban J connectivity index is 2.43. The third-order valence-corrected chi connectivity index (χ3v) is 2.99. The van der Waals surface area contributed by atoms with Crippen molar-refractivity contribution in [2.24, 2.45) is 7.05 Å². The van der Waals surface area contributed by atoms with Crippen molar-refractivity contribution in [2.75, 3.05) is 26.3 Å². The van der Waals surface area contributed by atoms with Crippen LogP contribution in [0.25, 0.3) is 0 Å². The first-order valence-corrected chi connectivity index (χ1v) is 6.86. The molecule has 0 aliphatic heterocycles. The summed E-state index contributed by atoms with van der Waals surface area (Å²) in [4.78, 5) is 2.26. The molecule has 4 heteroatoms. The van der Waals surface area contributed by atoms with Crippen LogP contribution < -0.4 is 0 Å². The monoisotopic (exact) mass is 266 g/mol. The molecule has 0 spiro atoms. The summed E-state index contributed by atoms with van der Waals surface area (Å²) in [7, 11) is 2.04. The molecular formula is C15H26N2O2. The molecule has 0 amide bonds. The van der Waals surface area contributed by atoms with Crippen LogP contribution in [0.15, 0.2) is 31.0 Å².